The maximum atomic E-state index is 12.5. The fraction of sp³-hybridized carbons (Fsp3) is 0.0952. The Balaban J connectivity index is 1.50. The number of amides is 1. The summed E-state index contributed by atoms with van der Waals surface area (Å²) in [6.07, 6.45) is 5.19. The molecule has 0 atom stereocenters. The number of carbonyl (C=O) groups excluding carboxylic acids is 1. The minimum Gasteiger partial charge on any atom is -0.493 e. The molecule has 3 heterocycles. The first-order chi connectivity index (χ1) is 13.2. The van der Waals surface area contributed by atoms with E-state index in [0.29, 0.717) is 17.9 Å². The molecule has 4 aromatic rings. The van der Waals surface area contributed by atoms with Crippen LogP contribution < -0.4 is 10.1 Å². The first kappa shape index (κ1) is 16.8. The van der Waals surface area contributed by atoms with Gasteiger partial charge in [-0.25, -0.2) is 0 Å². The van der Waals surface area contributed by atoms with E-state index in [1.165, 1.54) is 0 Å². The van der Waals surface area contributed by atoms with Crippen molar-refractivity contribution in [2.75, 3.05) is 7.11 Å². The molecule has 0 bridgehead atoms. The van der Waals surface area contributed by atoms with E-state index in [2.05, 4.69) is 15.3 Å². The highest BCUT2D eigenvalue weighted by Crippen LogP contribution is 2.28. The Bertz CT molecular complexity index is 1090. The smallest absolute Gasteiger partial charge is 0.287 e. The second-order valence-corrected chi connectivity index (χ2v) is 5.96. The van der Waals surface area contributed by atoms with Crippen molar-refractivity contribution in [1.82, 2.24) is 15.3 Å². The van der Waals surface area contributed by atoms with Gasteiger partial charge in [0.15, 0.2) is 17.1 Å². The van der Waals surface area contributed by atoms with Gasteiger partial charge in [0, 0.05) is 36.1 Å². The number of ether oxygens (including phenoxy) is 1. The number of hydrogen-bond acceptors (Lipinski definition) is 5. The lowest BCUT2D eigenvalue weighted by atomic mass is 10.1. The number of nitrogens with one attached hydrogen (secondary N) is 1. The van der Waals surface area contributed by atoms with Crippen molar-refractivity contribution in [2.45, 2.75) is 6.54 Å². The van der Waals surface area contributed by atoms with E-state index in [1.807, 2.05) is 36.4 Å². The predicted molar refractivity (Wildman–Crippen MR) is 101 cm³/mol. The number of fused-ring (bicyclic) bond motifs is 1. The average Bonchev–Trinajstić information content (AvgIpc) is 3.17. The summed E-state index contributed by atoms with van der Waals surface area (Å²) in [5.74, 6) is 0.561. The molecule has 3 aromatic heterocycles. The number of carbonyl (C=O) groups is 1. The predicted octanol–water partition coefficient (Wildman–Crippen LogP) is 3.83. The fourth-order valence-corrected chi connectivity index (χ4v) is 2.83. The van der Waals surface area contributed by atoms with Gasteiger partial charge in [0.2, 0.25) is 0 Å². The van der Waals surface area contributed by atoms with Crippen LogP contribution in [-0.2, 0) is 6.54 Å². The Morgan fingerprint density at radius 3 is 2.89 bits per heavy atom. The summed E-state index contributed by atoms with van der Waals surface area (Å²) in [5.41, 5.74) is 3.23. The molecular weight excluding hydrogens is 342 g/mol. The van der Waals surface area contributed by atoms with Crippen molar-refractivity contribution in [1.29, 1.82) is 0 Å². The molecule has 1 aromatic carbocycles. The number of rotatable bonds is 5. The van der Waals surface area contributed by atoms with Crippen LogP contribution in [0.1, 0.15) is 16.1 Å². The van der Waals surface area contributed by atoms with E-state index in [4.69, 9.17) is 9.15 Å². The highest BCUT2D eigenvalue weighted by Gasteiger charge is 2.14. The zero-order chi connectivity index (χ0) is 18.6. The van der Waals surface area contributed by atoms with Crippen molar-refractivity contribution < 1.29 is 13.9 Å². The quantitative estimate of drug-likeness (QED) is 0.586. The Morgan fingerprint density at radius 2 is 2.07 bits per heavy atom. The normalized spacial score (nSPS) is 10.7. The van der Waals surface area contributed by atoms with Crippen molar-refractivity contribution >= 4 is 16.9 Å². The first-order valence-electron chi connectivity index (χ1n) is 8.44. The molecule has 27 heavy (non-hydrogen) atoms. The lowest BCUT2D eigenvalue weighted by Crippen LogP contribution is -2.22. The molecule has 0 aliphatic rings. The van der Waals surface area contributed by atoms with Crippen LogP contribution in [0.5, 0.6) is 5.75 Å². The lowest BCUT2D eigenvalue weighted by molar-refractivity contribution is 0.0925. The zero-order valence-electron chi connectivity index (χ0n) is 14.7. The van der Waals surface area contributed by atoms with Crippen molar-refractivity contribution in [3.8, 4) is 17.0 Å². The number of furan rings is 1. The van der Waals surface area contributed by atoms with Gasteiger partial charge in [-0.3, -0.25) is 14.8 Å². The van der Waals surface area contributed by atoms with Crippen molar-refractivity contribution in [3.63, 3.8) is 0 Å². The highest BCUT2D eigenvalue weighted by molar-refractivity contribution is 5.97. The van der Waals surface area contributed by atoms with Crippen LogP contribution in [0.4, 0.5) is 0 Å². The number of benzene rings is 1. The van der Waals surface area contributed by atoms with Crippen LogP contribution in [0.3, 0.4) is 0 Å². The van der Waals surface area contributed by atoms with E-state index in [9.17, 15) is 4.79 Å². The largest absolute Gasteiger partial charge is 0.493 e. The summed E-state index contributed by atoms with van der Waals surface area (Å²) in [7, 11) is 1.57. The Hall–Kier alpha value is -3.67. The molecule has 6 heteroatoms. The van der Waals surface area contributed by atoms with Gasteiger partial charge in [-0.2, -0.15) is 0 Å². The molecule has 0 spiro atoms. The summed E-state index contributed by atoms with van der Waals surface area (Å²) in [6.45, 7) is 0.364. The molecule has 0 saturated heterocycles. The van der Waals surface area contributed by atoms with Gasteiger partial charge in [-0.15, -0.1) is 0 Å². The van der Waals surface area contributed by atoms with Crippen LogP contribution in [0.2, 0.25) is 0 Å². The molecule has 134 valence electrons. The fourth-order valence-electron chi connectivity index (χ4n) is 2.83. The monoisotopic (exact) mass is 359 g/mol. The Kier molecular flexibility index (Phi) is 4.53. The second kappa shape index (κ2) is 7.29. The number of nitrogens with zero attached hydrogens (tertiary/aromatic N) is 2. The molecule has 0 saturated carbocycles. The number of methoxy groups -OCH3 is 1. The maximum absolute atomic E-state index is 12.5. The molecule has 0 aliphatic heterocycles. The minimum absolute atomic E-state index is 0.246. The van der Waals surface area contributed by atoms with Gasteiger partial charge in [0.1, 0.15) is 0 Å². The Labute approximate surface area is 155 Å². The maximum Gasteiger partial charge on any atom is 0.287 e. The standard InChI is InChI=1S/C21H17N3O3/c1-26-18-6-2-4-15-11-19(27-20(15)18)21(25)24-12-14-7-9-23-17(10-14)16-5-3-8-22-13-16/h2-11,13H,12H2,1H3,(H,24,25). The molecule has 6 nitrogen and oxygen atoms in total. The topological polar surface area (TPSA) is 77.2 Å². The van der Waals surface area contributed by atoms with Gasteiger partial charge >= 0.3 is 0 Å². The van der Waals surface area contributed by atoms with Gasteiger partial charge in [-0.05, 0) is 42.0 Å². The van der Waals surface area contributed by atoms with Gasteiger partial charge < -0.3 is 14.5 Å². The van der Waals surface area contributed by atoms with E-state index in [-0.39, 0.29) is 11.7 Å². The summed E-state index contributed by atoms with van der Waals surface area (Å²) in [6, 6.07) is 14.8. The number of aromatic nitrogens is 2. The molecule has 1 amide bonds. The molecular formula is C21H17N3O3. The van der Waals surface area contributed by atoms with Crippen LogP contribution in [0.15, 0.2) is 71.5 Å². The number of pyridine rings is 2. The number of hydrogen-bond donors (Lipinski definition) is 1. The van der Waals surface area contributed by atoms with E-state index in [0.717, 1.165) is 22.2 Å². The highest BCUT2D eigenvalue weighted by atomic mass is 16.5. The third-order valence-corrected chi connectivity index (χ3v) is 4.19. The second-order valence-electron chi connectivity index (χ2n) is 5.96. The van der Waals surface area contributed by atoms with Gasteiger partial charge in [0.05, 0.1) is 12.8 Å². The molecule has 0 aliphatic carbocycles. The summed E-state index contributed by atoms with van der Waals surface area (Å²) >= 11 is 0. The van der Waals surface area contributed by atoms with E-state index < -0.39 is 0 Å². The van der Waals surface area contributed by atoms with Crippen LogP contribution in [0, 0.1) is 0 Å². The van der Waals surface area contributed by atoms with E-state index in [1.54, 1.807) is 37.8 Å². The lowest BCUT2D eigenvalue weighted by Gasteiger charge is -2.06. The SMILES string of the molecule is COc1cccc2cc(C(=O)NCc3ccnc(-c4cccnc4)c3)oc12. The molecule has 0 radical (unpaired) electrons. The number of para-hydroxylation sites is 1. The molecule has 4 rings (SSSR count). The molecule has 0 unspecified atom stereocenters. The molecule has 0 fully saturated rings. The molecule has 1 N–H and O–H groups in total. The zero-order valence-corrected chi connectivity index (χ0v) is 14.7. The van der Waals surface area contributed by atoms with Crippen LogP contribution >= 0.6 is 0 Å². The third kappa shape index (κ3) is 3.50. The minimum atomic E-state index is -0.284. The van der Waals surface area contributed by atoms with E-state index >= 15 is 0 Å². The Morgan fingerprint density at radius 1 is 1.15 bits per heavy atom. The van der Waals surface area contributed by atoms with Gasteiger partial charge in [-0.1, -0.05) is 12.1 Å². The first-order valence-corrected chi connectivity index (χ1v) is 8.44. The third-order valence-electron chi connectivity index (χ3n) is 4.19. The summed E-state index contributed by atoms with van der Waals surface area (Å²) in [4.78, 5) is 20.9. The average molecular weight is 359 g/mol. The summed E-state index contributed by atoms with van der Waals surface area (Å²) < 4.78 is 10.9. The summed E-state index contributed by atoms with van der Waals surface area (Å²) in [5, 5.41) is 3.70. The van der Waals surface area contributed by atoms with Crippen molar-refractivity contribution in [3.05, 3.63) is 78.4 Å². The van der Waals surface area contributed by atoms with Crippen LogP contribution in [0.25, 0.3) is 22.2 Å². The van der Waals surface area contributed by atoms with Crippen molar-refractivity contribution in [2.24, 2.45) is 0 Å². The van der Waals surface area contributed by atoms with Crippen LogP contribution in [-0.4, -0.2) is 23.0 Å². The van der Waals surface area contributed by atoms with Gasteiger partial charge in [0.25, 0.3) is 5.91 Å².